The molecule has 2 heteroatoms. The van der Waals surface area contributed by atoms with Crippen molar-refractivity contribution in [2.75, 3.05) is 13.2 Å². The van der Waals surface area contributed by atoms with Gasteiger partial charge in [-0.1, -0.05) is 38.1 Å². The molecule has 0 aromatic heterocycles. The van der Waals surface area contributed by atoms with E-state index in [0.717, 1.165) is 19.7 Å². The number of hydrogen-bond donors (Lipinski definition) is 1. The van der Waals surface area contributed by atoms with Crippen molar-refractivity contribution in [1.82, 2.24) is 5.32 Å². The molecule has 1 atom stereocenters. The van der Waals surface area contributed by atoms with Gasteiger partial charge in [-0.25, -0.2) is 0 Å². The molecular formula is C15H23NO. The summed E-state index contributed by atoms with van der Waals surface area (Å²) in [5.74, 6) is 0.615. The maximum absolute atomic E-state index is 5.58. The summed E-state index contributed by atoms with van der Waals surface area (Å²) in [6, 6.07) is 8.90. The zero-order valence-electron chi connectivity index (χ0n) is 10.9. The fourth-order valence-electron chi connectivity index (χ4n) is 2.20. The molecule has 1 aliphatic heterocycles. The Morgan fingerprint density at radius 2 is 2.06 bits per heavy atom. The summed E-state index contributed by atoms with van der Waals surface area (Å²) in [5, 5.41) is 3.47. The highest BCUT2D eigenvalue weighted by molar-refractivity contribution is 5.24. The number of ether oxygens (including phenoxy) is 1. The Balaban J connectivity index is 1.74. The first-order valence-corrected chi connectivity index (χ1v) is 6.67. The molecule has 0 saturated carbocycles. The molecule has 0 spiro atoms. The van der Waals surface area contributed by atoms with E-state index in [1.54, 1.807) is 0 Å². The van der Waals surface area contributed by atoms with Crippen molar-refractivity contribution in [3.8, 4) is 0 Å². The zero-order chi connectivity index (χ0) is 12.1. The van der Waals surface area contributed by atoms with E-state index in [9.17, 15) is 0 Å². The molecule has 0 bridgehead atoms. The van der Waals surface area contributed by atoms with Crippen molar-refractivity contribution >= 4 is 0 Å². The second-order valence-electron chi connectivity index (χ2n) is 5.16. The van der Waals surface area contributed by atoms with Gasteiger partial charge < -0.3 is 10.1 Å². The largest absolute Gasteiger partial charge is 0.377 e. The van der Waals surface area contributed by atoms with Crippen molar-refractivity contribution in [3.63, 3.8) is 0 Å². The molecule has 0 aliphatic carbocycles. The second-order valence-corrected chi connectivity index (χ2v) is 5.16. The van der Waals surface area contributed by atoms with E-state index >= 15 is 0 Å². The molecule has 1 aromatic carbocycles. The van der Waals surface area contributed by atoms with Crippen LogP contribution in [-0.2, 0) is 11.3 Å². The van der Waals surface area contributed by atoms with Crippen molar-refractivity contribution in [1.29, 1.82) is 0 Å². The molecule has 1 N–H and O–H groups in total. The Morgan fingerprint density at radius 1 is 1.29 bits per heavy atom. The van der Waals surface area contributed by atoms with Crippen LogP contribution in [0.15, 0.2) is 24.3 Å². The fourth-order valence-corrected chi connectivity index (χ4v) is 2.20. The first-order chi connectivity index (χ1) is 8.25. The summed E-state index contributed by atoms with van der Waals surface area (Å²) in [6.45, 7) is 7.31. The van der Waals surface area contributed by atoms with Crippen LogP contribution < -0.4 is 5.32 Å². The van der Waals surface area contributed by atoms with E-state index < -0.39 is 0 Å². The van der Waals surface area contributed by atoms with Crippen molar-refractivity contribution < 1.29 is 4.74 Å². The van der Waals surface area contributed by atoms with Crippen LogP contribution in [-0.4, -0.2) is 19.3 Å². The molecular weight excluding hydrogens is 210 g/mol. The van der Waals surface area contributed by atoms with Gasteiger partial charge in [0.05, 0.1) is 6.10 Å². The van der Waals surface area contributed by atoms with Crippen LogP contribution in [0.3, 0.4) is 0 Å². The minimum Gasteiger partial charge on any atom is -0.377 e. The lowest BCUT2D eigenvalue weighted by atomic mass is 10.0. The molecule has 0 amide bonds. The molecule has 0 radical (unpaired) electrons. The van der Waals surface area contributed by atoms with E-state index in [4.69, 9.17) is 4.74 Å². The topological polar surface area (TPSA) is 21.3 Å². The summed E-state index contributed by atoms with van der Waals surface area (Å²) >= 11 is 0. The second kappa shape index (κ2) is 6.18. The average Bonchev–Trinajstić information content (AvgIpc) is 2.83. The quantitative estimate of drug-likeness (QED) is 0.844. The summed E-state index contributed by atoms with van der Waals surface area (Å²) in [7, 11) is 0. The molecule has 1 aliphatic rings. The van der Waals surface area contributed by atoms with Crippen LogP contribution in [0.5, 0.6) is 0 Å². The number of nitrogens with one attached hydrogen (secondary N) is 1. The zero-order valence-corrected chi connectivity index (χ0v) is 10.9. The smallest absolute Gasteiger partial charge is 0.0700 e. The predicted octanol–water partition coefficient (Wildman–Crippen LogP) is 3.08. The summed E-state index contributed by atoms with van der Waals surface area (Å²) < 4.78 is 5.58. The van der Waals surface area contributed by atoms with Crippen molar-refractivity contribution in [3.05, 3.63) is 35.4 Å². The Morgan fingerprint density at radius 3 is 2.65 bits per heavy atom. The Kier molecular flexibility index (Phi) is 4.57. The average molecular weight is 233 g/mol. The van der Waals surface area contributed by atoms with Gasteiger partial charge >= 0.3 is 0 Å². The van der Waals surface area contributed by atoms with Gasteiger partial charge in [0.15, 0.2) is 0 Å². The maximum atomic E-state index is 5.58. The van der Waals surface area contributed by atoms with Crippen LogP contribution in [0.1, 0.15) is 43.7 Å². The van der Waals surface area contributed by atoms with Gasteiger partial charge in [0.1, 0.15) is 0 Å². The number of benzene rings is 1. The predicted molar refractivity (Wildman–Crippen MR) is 71.2 cm³/mol. The standard InChI is InChI=1S/C15H23NO/c1-12(2)14-7-5-13(6-8-14)10-16-11-15-4-3-9-17-15/h5-8,12,15-16H,3-4,9-11H2,1-2H3. The number of rotatable bonds is 5. The molecule has 17 heavy (non-hydrogen) atoms. The van der Waals surface area contributed by atoms with Gasteiger partial charge in [0.25, 0.3) is 0 Å². The van der Waals surface area contributed by atoms with E-state index in [0.29, 0.717) is 12.0 Å². The van der Waals surface area contributed by atoms with Gasteiger partial charge in [-0.05, 0) is 29.9 Å². The van der Waals surface area contributed by atoms with Crippen LogP contribution in [0.25, 0.3) is 0 Å². The third kappa shape index (κ3) is 3.83. The highest BCUT2D eigenvalue weighted by atomic mass is 16.5. The molecule has 2 rings (SSSR count). The molecule has 1 heterocycles. The van der Waals surface area contributed by atoms with Crippen LogP contribution in [0.4, 0.5) is 0 Å². The summed E-state index contributed by atoms with van der Waals surface area (Å²) in [5.41, 5.74) is 2.76. The lowest BCUT2D eigenvalue weighted by Crippen LogP contribution is -2.25. The summed E-state index contributed by atoms with van der Waals surface area (Å²) in [4.78, 5) is 0. The van der Waals surface area contributed by atoms with Crippen LogP contribution in [0, 0.1) is 0 Å². The summed E-state index contributed by atoms with van der Waals surface area (Å²) in [6.07, 6.45) is 2.86. The third-order valence-corrected chi connectivity index (χ3v) is 3.37. The lowest BCUT2D eigenvalue weighted by molar-refractivity contribution is 0.110. The van der Waals surface area contributed by atoms with Gasteiger partial charge in [-0.3, -0.25) is 0 Å². The van der Waals surface area contributed by atoms with Gasteiger partial charge in [0.2, 0.25) is 0 Å². The van der Waals surface area contributed by atoms with E-state index in [2.05, 4.69) is 43.4 Å². The van der Waals surface area contributed by atoms with Gasteiger partial charge in [-0.2, -0.15) is 0 Å². The van der Waals surface area contributed by atoms with E-state index in [1.165, 1.54) is 24.0 Å². The van der Waals surface area contributed by atoms with Crippen molar-refractivity contribution in [2.45, 2.75) is 45.3 Å². The van der Waals surface area contributed by atoms with Crippen LogP contribution in [0.2, 0.25) is 0 Å². The number of hydrogen-bond acceptors (Lipinski definition) is 2. The molecule has 1 aromatic rings. The molecule has 2 nitrogen and oxygen atoms in total. The monoisotopic (exact) mass is 233 g/mol. The van der Waals surface area contributed by atoms with Gasteiger partial charge in [-0.15, -0.1) is 0 Å². The van der Waals surface area contributed by atoms with E-state index in [-0.39, 0.29) is 0 Å². The Labute approximate surface area is 104 Å². The maximum Gasteiger partial charge on any atom is 0.0700 e. The van der Waals surface area contributed by atoms with Gasteiger partial charge in [0, 0.05) is 19.7 Å². The highest BCUT2D eigenvalue weighted by Crippen LogP contribution is 2.15. The Bertz CT molecular complexity index is 325. The Hall–Kier alpha value is -0.860. The molecule has 1 unspecified atom stereocenters. The normalized spacial score (nSPS) is 20.1. The fraction of sp³-hybridized carbons (Fsp3) is 0.600. The minimum absolute atomic E-state index is 0.435. The van der Waals surface area contributed by atoms with E-state index in [1.807, 2.05) is 0 Å². The first kappa shape index (κ1) is 12.6. The molecule has 94 valence electrons. The first-order valence-electron chi connectivity index (χ1n) is 6.67. The lowest BCUT2D eigenvalue weighted by Gasteiger charge is -2.11. The van der Waals surface area contributed by atoms with Crippen molar-refractivity contribution in [2.24, 2.45) is 0 Å². The highest BCUT2D eigenvalue weighted by Gasteiger charge is 2.14. The SMILES string of the molecule is CC(C)c1ccc(CNCC2CCCO2)cc1. The third-order valence-electron chi connectivity index (χ3n) is 3.37. The van der Waals surface area contributed by atoms with Crippen LogP contribution >= 0.6 is 0 Å². The molecule has 1 saturated heterocycles. The molecule has 1 fully saturated rings. The minimum atomic E-state index is 0.435.